The van der Waals surface area contributed by atoms with E-state index in [-0.39, 0.29) is 6.04 Å². The highest BCUT2D eigenvalue weighted by atomic mass is 35.5. The highest BCUT2D eigenvalue weighted by molar-refractivity contribution is 6.31. The summed E-state index contributed by atoms with van der Waals surface area (Å²) >= 11 is 6.04. The fourth-order valence-electron chi connectivity index (χ4n) is 3.71. The fraction of sp³-hybridized carbons (Fsp3) is 0.526. The van der Waals surface area contributed by atoms with E-state index >= 15 is 0 Å². The minimum Gasteiger partial charge on any atom is -0.440 e. The van der Waals surface area contributed by atoms with Crippen LogP contribution in [0.25, 0.3) is 11.1 Å². The number of piperidine rings is 1. The molecular formula is C19H21ClN4O2. The Morgan fingerprint density at radius 3 is 2.69 bits per heavy atom. The molecule has 2 aliphatic rings. The second kappa shape index (κ2) is 6.35. The molecular weight excluding hydrogens is 352 g/mol. The average Bonchev–Trinajstić information content (AvgIpc) is 3.24. The van der Waals surface area contributed by atoms with Crippen molar-refractivity contribution < 1.29 is 8.94 Å². The van der Waals surface area contributed by atoms with E-state index in [0.29, 0.717) is 16.9 Å². The predicted molar refractivity (Wildman–Crippen MR) is 97.3 cm³/mol. The second-order valence-electron chi connectivity index (χ2n) is 7.42. The maximum atomic E-state index is 6.04. The lowest BCUT2D eigenvalue weighted by atomic mass is 9.96. The van der Waals surface area contributed by atoms with Crippen LogP contribution in [0.5, 0.6) is 0 Å². The van der Waals surface area contributed by atoms with Crippen LogP contribution < -0.4 is 0 Å². The van der Waals surface area contributed by atoms with Crippen LogP contribution in [0.4, 0.5) is 0 Å². The lowest BCUT2D eigenvalue weighted by Crippen LogP contribution is -2.35. The molecule has 7 heteroatoms. The first kappa shape index (κ1) is 16.3. The largest absolute Gasteiger partial charge is 0.440 e. The number of halogens is 1. The van der Waals surface area contributed by atoms with Gasteiger partial charge >= 0.3 is 0 Å². The maximum absolute atomic E-state index is 6.04. The normalized spacial score (nSPS) is 20.7. The summed E-state index contributed by atoms with van der Waals surface area (Å²) in [6, 6.07) is 5.73. The van der Waals surface area contributed by atoms with Gasteiger partial charge in [0, 0.05) is 16.9 Å². The minimum atomic E-state index is 0.151. The van der Waals surface area contributed by atoms with Gasteiger partial charge < -0.3 is 8.94 Å². The molecule has 26 heavy (non-hydrogen) atoms. The molecule has 1 saturated heterocycles. The topological polar surface area (TPSA) is 68.2 Å². The molecule has 3 heterocycles. The number of likely N-dealkylation sites (tertiary alicyclic amines) is 1. The number of oxazole rings is 1. The number of nitrogens with zero attached hydrogens (tertiary/aromatic N) is 4. The van der Waals surface area contributed by atoms with Crippen molar-refractivity contribution in [2.45, 2.75) is 50.5 Å². The highest BCUT2D eigenvalue weighted by Crippen LogP contribution is 2.39. The van der Waals surface area contributed by atoms with E-state index in [0.717, 1.165) is 54.6 Å². The molecule has 1 unspecified atom stereocenters. The van der Waals surface area contributed by atoms with Crippen molar-refractivity contribution in [1.82, 2.24) is 20.0 Å². The number of fused-ring (bicyclic) bond motifs is 1. The summed E-state index contributed by atoms with van der Waals surface area (Å²) in [5, 5.41) is 4.83. The van der Waals surface area contributed by atoms with Gasteiger partial charge in [0.25, 0.3) is 0 Å². The van der Waals surface area contributed by atoms with E-state index in [1.54, 1.807) is 0 Å². The summed E-state index contributed by atoms with van der Waals surface area (Å²) in [6.45, 7) is 4.07. The Bertz CT molecular complexity index is 925. The molecule has 2 fully saturated rings. The van der Waals surface area contributed by atoms with Gasteiger partial charge in [-0.2, -0.15) is 4.98 Å². The third-order valence-electron chi connectivity index (χ3n) is 5.55. The van der Waals surface area contributed by atoms with Gasteiger partial charge in [-0.3, -0.25) is 4.90 Å². The van der Waals surface area contributed by atoms with Crippen molar-refractivity contribution >= 4 is 22.7 Å². The number of benzene rings is 1. The molecule has 1 aromatic carbocycles. The van der Waals surface area contributed by atoms with Crippen molar-refractivity contribution in [3.63, 3.8) is 0 Å². The number of rotatable bonds is 4. The van der Waals surface area contributed by atoms with E-state index in [4.69, 9.17) is 20.5 Å². The smallest absolute Gasteiger partial charge is 0.243 e. The van der Waals surface area contributed by atoms with Crippen LogP contribution in [0.1, 0.15) is 68.1 Å². The fourth-order valence-corrected chi connectivity index (χ4v) is 3.87. The predicted octanol–water partition coefficient (Wildman–Crippen LogP) is 4.68. The van der Waals surface area contributed by atoms with E-state index in [1.807, 2.05) is 18.2 Å². The summed E-state index contributed by atoms with van der Waals surface area (Å²) in [5.41, 5.74) is 1.64. The molecule has 3 aromatic rings. The third kappa shape index (κ3) is 3.01. The molecule has 5 rings (SSSR count). The Balaban J connectivity index is 1.25. The van der Waals surface area contributed by atoms with Gasteiger partial charge in [0.15, 0.2) is 17.3 Å². The minimum absolute atomic E-state index is 0.151. The Morgan fingerprint density at radius 1 is 1.12 bits per heavy atom. The molecule has 0 N–H and O–H groups in total. The van der Waals surface area contributed by atoms with E-state index in [1.165, 1.54) is 12.8 Å². The van der Waals surface area contributed by atoms with Crippen LogP contribution in [0, 0.1) is 0 Å². The molecule has 6 nitrogen and oxygen atoms in total. The molecule has 0 bridgehead atoms. The van der Waals surface area contributed by atoms with Crippen LogP contribution in [0.2, 0.25) is 5.02 Å². The van der Waals surface area contributed by atoms with E-state index in [9.17, 15) is 0 Å². The van der Waals surface area contributed by atoms with Crippen molar-refractivity contribution in [3.8, 4) is 0 Å². The third-order valence-corrected chi connectivity index (χ3v) is 5.79. The lowest BCUT2D eigenvalue weighted by Gasteiger charge is -2.33. The van der Waals surface area contributed by atoms with Crippen molar-refractivity contribution in [1.29, 1.82) is 0 Å². The van der Waals surface area contributed by atoms with Crippen LogP contribution in [-0.2, 0) is 0 Å². The van der Waals surface area contributed by atoms with Crippen molar-refractivity contribution in [2.75, 3.05) is 13.1 Å². The lowest BCUT2D eigenvalue weighted by molar-refractivity contribution is 0.131. The number of hydrogen-bond acceptors (Lipinski definition) is 6. The maximum Gasteiger partial charge on any atom is 0.243 e. The van der Waals surface area contributed by atoms with Gasteiger partial charge in [-0.05, 0) is 63.9 Å². The first-order valence-corrected chi connectivity index (χ1v) is 9.68. The molecule has 2 aromatic heterocycles. The Kier molecular flexibility index (Phi) is 3.98. The van der Waals surface area contributed by atoms with Gasteiger partial charge in [0.2, 0.25) is 5.89 Å². The second-order valence-corrected chi connectivity index (χ2v) is 7.85. The summed E-state index contributed by atoms with van der Waals surface area (Å²) in [5.74, 6) is 3.31. The molecule has 1 aliphatic heterocycles. The van der Waals surface area contributed by atoms with Crippen LogP contribution in [-0.4, -0.2) is 33.1 Å². The molecule has 1 saturated carbocycles. The standard InChI is InChI=1S/C19H21ClN4O2/c1-11(18-22-17(23-26-18)12-2-3-12)24-8-6-13(7-9-24)19-21-15-10-14(20)4-5-16(15)25-19/h4-5,10-13H,2-3,6-9H2,1H3. The van der Waals surface area contributed by atoms with E-state index < -0.39 is 0 Å². The first-order chi connectivity index (χ1) is 12.7. The molecule has 1 aliphatic carbocycles. The van der Waals surface area contributed by atoms with Gasteiger partial charge in [0.05, 0.1) is 6.04 Å². The Labute approximate surface area is 156 Å². The van der Waals surface area contributed by atoms with Crippen molar-refractivity contribution in [2.24, 2.45) is 0 Å². The average molecular weight is 373 g/mol. The first-order valence-electron chi connectivity index (χ1n) is 9.31. The van der Waals surface area contributed by atoms with Crippen molar-refractivity contribution in [3.05, 3.63) is 40.8 Å². The van der Waals surface area contributed by atoms with Gasteiger partial charge in [0.1, 0.15) is 5.52 Å². The zero-order chi connectivity index (χ0) is 17.7. The zero-order valence-electron chi connectivity index (χ0n) is 14.7. The molecule has 0 spiro atoms. The summed E-state index contributed by atoms with van der Waals surface area (Å²) < 4.78 is 11.4. The molecule has 0 amide bonds. The Morgan fingerprint density at radius 2 is 1.92 bits per heavy atom. The quantitative estimate of drug-likeness (QED) is 0.662. The molecule has 0 radical (unpaired) electrons. The SMILES string of the molecule is CC(c1nc(C2CC2)no1)N1CCC(c2nc3cc(Cl)ccc3o2)CC1. The van der Waals surface area contributed by atoms with Crippen LogP contribution in [0.3, 0.4) is 0 Å². The van der Waals surface area contributed by atoms with Gasteiger partial charge in [-0.25, -0.2) is 4.98 Å². The molecule has 1 atom stereocenters. The monoisotopic (exact) mass is 372 g/mol. The van der Waals surface area contributed by atoms with Gasteiger partial charge in [-0.1, -0.05) is 16.8 Å². The summed E-state index contributed by atoms with van der Waals surface area (Å²) in [4.78, 5) is 11.6. The Hall–Kier alpha value is -1.92. The highest BCUT2D eigenvalue weighted by Gasteiger charge is 2.32. The van der Waals surface area contributed by atoms with E-state index in [2.05, 4.69) is 26.9 Å². The number of hydrogen-bond donors (Lipinski definition) is 0. The van der Waals surface area contributed by atoms with Crippen LogP contribution >= 0.6 is 11.6 Å². The van der Waals surface area contributed by atoms with Gasteiger partial charge in [-0.15, -0.1) is 0 Å². The van der Waals surface area contributed by atoms with Crippen LogP contribution in [0.15, 0.2) is 27.1 Å². The zero-order valence-corrected chi connectivity index (χ0v) is 15.4. The summed E-state index contributed by atoms with van der Waals surface area (Å²) in [6.07, 6.45) is 4.39. The molecule has 136 valence electrons. The number of aromatic nitrogens is 3. The summed E-state index contributed by atoms with van der Waals surface area (Å²) in [7, 11) is 0.